The molecule has 16 heteroatoms. The van der Waals surface area contributed by atoms with E-state index >= 15 is 0 Å². The molecule has 1 saturated heterocycles. The number of likely N-dealkylation sites (N-methyl/N-ethyl adjacent to an activating group) is 1. The van der Waals surface area contributed by atoms with E-state index in [1.807, 2.05) is 30.6 Å². The summed E-state index contributed by atoms with van der Waals surface area (Å²) in [5.74, 6) is -4.59. The number of aromatic nitrogens is 3. The lowest BCUT2D eigenvalue weighted by Gasteiger charge is -2.49. The van der Waals surface area contributed by atoms with Crippen LogP contribution in [0.25, 0.3) is 11.3 Å². The Hall–Kier alpha value is -4.05. The van der Waals surface area contributed by atoms with E-state index in [2.05, 4.69) is 32.5 Å². The summed E-state index contributed by atoms with van der Waals surface area (Å²) in [4.78, 5) is 32.1. The van der Waals surface area contributed by atoms with E-state index < -0.39 is 24.3 Å². The molecule has 5 rings (SSSR count). The number of piperidine rings is 1. The average Bonchev–Trinajstić information content (AvgIpc) is 3.37. The quantitative estimate of drug-likeness (QED) is 0.403. The van der Waals surface area contributed by atoms with Gasteiger partial charge in [-0.15, -0.1) is 0 Å². The number of likely N-dealkylation sites (tertiary alicyclic amines) is 1. The molecule has 0 atom stereocenters. The van der Waals surface area contributed by atoms with Crippen molar-refractivity contribution >= 4 is 11.9 Å². The molecule has 3 aromatic rings. The smallest absolute Gasteiger partial charge is 0.475 e. The third-order valence-corrected chi connectivity index (χ3v) is 7.06. The second kappa shape index (κ2) is 13.5. The van der Waals surface area contributed by atoms with Crippen LogP contribution in [0.1, 0.15) is 24.4 Å². The minimum absolute atomic E-state index is 0.0511. The van der Waals surface area contributed by atoms with Crippen LogP contribution >= 0.6 is 0 Å². The zero-order valence-corrected chi connectivity index (χ0v) is 22.7. The number of carboxylic acid groups (broad SMARTS) is 2. The molecule has 2 N–H and O–H groups in total. The third-order valence-electron chi connectivity index (χ3n) is 7.06. The largest absolute Gasteiger partial charge is 0.490 e. The number of aliphatic carboxylic acids is 2. The maximum absolute atomic E-state index is 13.8. The van der Waals surface area contributed by atoms with Crippen LogP contribution in [0.2, 0.25) is 0 Å². The van der Waals surface area contributed by atoms with Crippen molar-refractivity contribution in [2.45, 2.75) is 43.8 Å². The molecule has 2 aliphatic rings. The number of fused-ring (bicyclic) bond motifs is 2. The lowest BCUT2D eigenvalue weighted by atomic mass is 9.83. The lowest BCUT2D eigenvalue weighted by Crippen LogP contribution is -2.56. The molecule has 0 unspecified atom stereocenters. The summed E-state index contributed by atoms with van der Waals surface area (Å²) in [6, 6.07) is 12.9. The number of halogens is 7. The minimum atomic E-state index is -5.08. The van der Waals surface area contributed by atoms with Gasteiger partial charge in [-0.1, -0.05) is 18.2 Å². The van der Waals surface area contributed by atoms with Gasteiger partial charge in [0.25, 0.3) is 0 Å². The summed E-state index contributed by atoms with van der Waals surface area (Å²) >= 11 is 0. The molecule has 4 heterocycles. The first-order valence-corrected chi connectivity index (χ1v) is 12.8. The highest BCUT2D eigenvalue weighted by Gasteiger charge is 2.45. The second-order valence-corrected chi connectivity index (χ2v) is 9.79. The Balaban J connectivity index is 0.000000303. The van der Waals surface area contributed by atoms with Crippen molar-refractivity contribution in [2.75, 3.05) is 26.7 Å². The van der Waals surface area contributed by atoms with E-state index in [4.69, 9.17) is 24.8 Å². The first-order valence-electron chi connectivity index (χ1n) is 12.8. The SMILES string of the molecule is CN1CCn2c(-c3cccc(F)c3)cnc2C12CCN(Cc1ccccn1)CC2.O=C(O)C(F)(F)F.O=C(O)C(F)(F)F. The van der Waals surface area contributed by atoms with Crippen molar-refractivity contribution in [3.05, 3.63) is 72.2 Å². The zero-order valence-electron chi connectivity index (χ0n) is 22.7. The van der Waals surface area contributed by atoms with Crippen LogP contribution in [0, 0.1) is 5.82 Å². The third kappa shape index (κ3) is 8.50. The summed E-state index contributed by atoms with van der Waals surface area (Å²) in [5, 5.41) is 14.2. The maximum Gasteiger partial charge on any atom is 0.490 e. The summed E-state index contributed by atoms with van der Waals surface area (Å²) in [6.45, 7) is 4.79. The molecule has 0 amide bonds. The first kappa shape index (κ1) is 33.5. The van der Waals surface area contributed by atoms with Gasteiger partial charge >= 0.3 is 24.3 Å². The summed E-state index contributed by atoms with van der Waals surface area (Å²) < 4.78 is 79.6. The van der Waals surface area contributed by atoms with Crippen molar-refractivity contribution in [2.24, 2.45) is 0 Å². The van der Waals surface area contributed by atoms with Crippen molar-refractivity contribution in [3.63, 3.8) is 0 Å². The van der Waals surface area contributed by atoms with E-state index in [-0.39, 0.29) is 11.4 Å². The fourth-order valence-electron chi connectivity index (χ4n) is 4.89. The molecule has 0 saturated carbocycles. The topological polar surface area (TPSA) is 112 Å². The Morgan fingerprint density at radius 1 is 0.884 bits per heavy atom. The lowest BCUT2D eigenvalue weighted by molar-refractivity contribution is -0.193. The van der Waals surface area contributed by atoms with Gasteiger partial charge in [-0.3, -0.25) is 14.8 Å². The number of hydrogen-bond acceptors (Lipinski definition) is 6. The monoisotopic (exact) mass is 619 g/mol. The predicted molar refractivity (Wildman–Crippen MR) is 138 cm³/mol. The van der Waals surface area contributed by atoms with Crippen LogP contribution in [0.4, 0.5) is 30.7 Å². The Labute approximate surface area is 241 Å². The van der Waals surface area contributed by atoms with Crippen molar-refractivity contribution in [3.8, 4) is 11.3 Å². The number of imidazole rings is 1. The van der Waals surface area contributed by atoms with Gasteiger partial charge in [0.15, 0.2) is 0 Å². The standard InChI is InChI=1S/C23H26FN5.2C2HF3O2/c1-27-13-14-29-21(18-5-4-6-19(24)15-18)16-26-22(29)23(27)8-11-28(12-9-23)17-20-7-2-3-10-25-20;2*3-2(4,5)1(6)7/h2-7,10,15-16H,8-9,11-14,17H2,1H3;2*(H,6,7). The molecule has 234 valence electrons. The van der Waals surface area contributed by atoms with Crippen molar-refractivity contribution < 1.29 is 50.5 Å². The molecule has 2 aromatic heterocycles. The highest BCUT2D eigenvalue weighted by atomic mass is 19.4. The Bertz CT molecular complexity index is 1360. The van der Waals surface area contributed by atoms with E-state index in [0.29, 0.717) is 0 Å². The van der Waals surface area contributed by atoms with Gasteiger partial charge in [0.2, 0.25) is 0 Å². The van der Waals surface area contributed by atoms with Gasteiger partial charge in [0.05, 0.1) is 23.1 Å². The van der Waals surface area contributed by atoms with Crippen LogP contribution in [-0.4, -0.2) is 85.5 Å². The number of pyridine rings is 1. The van der Waals surface area contributed by atoms with Gasteiger partial charge in [-0.05, 0) is 44.2 Å². The normalized spacial score (nSPS) is 16.7. The van der Waals surface area contributed by atoms with Gasteiger partial charge < -0.3 is 14.8 Å². The second-order valence-electron chi connectivity index (χ2n) is 9.79. The molecular weight excluding hydrogens is 591 g/mol. The average molecular weight is 620 g/mol. The van der Waals surface area contributed by atoms with Gasteiger partial charge in [0.1, 0.15) is 11.6 Å². The first-order chi connectivity index (χ1) is 20.0. The number of benzene rings is 1. The van der Waals surface area contributed by atoms with E-state index in [9.17, 15) is 30.7 Å². The number of carboxylic acids is 2. The summed E-state index contributed by atoms with van der Waals surface area (Å²) in [6.07, 6.45) is -4.31. The maximum atomic E-state index is 13.8. The molecule has 43 heavy (non-hydrogen) atoms. The highest BCUT2D eigenvalue weighted by molar-refractivity contribution is 5.73. The number of hydrogen-bond donors (Lipinski definition) is 2. The molecule has 9 nitrogen and oxygen atoms in total. The van der Waals surface area contributed by atoms with Gasteiger partial charge in [0, 0.05) is 44.5 Å². The molecule has 0 bridgehead atoms. The van der Waals surface area contributed by atoms with Gasteiger partial charge in [-0.25, -0.2) is 19.0 Å². The molecular formula is C27H28F7N5O4. The number of carbonyl (C=O) groups is 2. The number of alkyl halides is 6. The van der Waals surface area contributed by atoms with E-state index in [0.717, 1.165) is 68.3 Å². The van der Waals surface area contributed by atoms with Crippen LogP contribution in [-0.2, 0) is 28.2 Å². The van der Waals surface area contributed by atoms with E-state index in [1.54, 1.807) is 12.1 Å². The zero-order chi connectivity index (χ0) is 32.0. The van der Waals surface area contributed by atoms with Crippen LogP contribution in [0.3, 0.4) is 0 Å². The predicted octanol–water partition coefficient (Wildman–Crippen LogP) is 4.79. The van der Waals surface area contributed by atoms with Crippen molar-refractivity contribution in [1.29, 1.82) is 0 Å². The Morgan fingerprint density at radius 3 is 2.00 bits per heavy atom. The summed E-state index contributed by atoms with van der Waals surface area (Å²) in [5.41, 5.74) is 2.99. The number of rotatable bonds is 3. The Morgan fingerprint density at radius 2 is 1.49 bits per heavy atom. The fraction of sp³-hybridized carbons (Fsp3) is 0.407. The molecule has 1 spiro atoms. The fourth-order valence-corrected chi connectivity index (χ4v) is 4.89. The molecule has 1 fully saturated rings. The highest BCUT2D eigenvalue weighted by Crippen LogP contribution is 2.41. The Kier molecular flexibility index (Phi) is 10.5. The number of nitrogens with zero attached hydrogens (tertiary/aromatic N) is 5. The molecule has 0 radical (unpaired) electrons. The van der Waals surface area contributed by atoms with Crippen LogP contribution in [0.5, 0.6) is 0 Å². The molecule has 1 aromatic carbocycles. The van der Waals surface area contributed by atoms with Crippen LogP contribution < -0.4 is 0 Å². The van der Waals surface area contributed by atoms with Crippen LogP contribution in [0.15, 0.2) is 54.9 Å². The minimum Gasteiger partial charge on any atom is -0.475 e. The van der Waals surface area contributed by atoms with Crippen molar-refractivity contribution in [1.82, 2.24) is 24.3 Å². The molecule has 2 aliphatic heterocycles. The van der Waals surface area contributed by atoms with E-state index in [1.165, 1.54) is 6.07 Å². The molecule has 0 aliphatic carbocycles. The van der Waals surface area contributed by atoms with Gasteiger partial charge in [-0.2, -0.15) is 26.3 Å². The summed E-state index contributed by atoms with van der Waals surface area (Å²) in [7, 11) is 2.22.